The molecule has 0 saturated heterocycles. The molecule has 0 aromatic heterocycles. The van der Waals surface area contributed by atoms with Crippen LogP contribution in [0.4, 0.5) is 0 Å². The zero-order valence-corrected chi connectivity index (χ0v) is 11.0. The molecule has 0 amide bonds. The summed E-state index contributed by atoms with van der Waals surface area (Å²) in [7, 11) is 0. The van der Waals surface area contributed by atoms with E-state index < -0.39 is 0 Å². The molecule has 0 saturated carbocycles. The lowest BCUT2D eigenvalue weighted by Crippen LogP contribution is -2.20. The van der Waals surface area contributed by atoms with Crippen LogP contribution in [0, 0.1) is 3.57 Å². The molecule has 0 radical (unpaired) electrons. The summed E-state index contributed by atoms with van der Waals surface area (Å²) in [6.07, 6.45) is 2.44. The molecule has 14 heavy (non-hydrogen) atoms. The van der Waals surface area contributed by atoms with Crippen molar-refractivity contribution in [1.29, 1.82) is 0 Å². The highest BCUT2D eigenvalue weighted by Crippen LogP contribution is 2.19. The Morgan fingerprint density at radius 1 is 1.21 bits per heavy atom. The van der Waals surface area contributed by atoms with Gasteiger partial charge in [-0.2, -0.15) is 0 Å². The normalized spacial score (nSPS) is 12.8. The molecule has 0 aliphatic carbocycles. The summed E-state index contributed by atoms with van der Waals surface area (Å²) >= 11 is 2.34. The second-order valence-electron chi connectivity index (χ2n) is 3.45. The largest absolute Gasteiger partial charge is 0.310 e. The molecular formula is C12H18IN. The SMILES string of the molecule is CCCC(NCC)c1ccc(I)cc1. The summed E-state index contributed by atoms with van der Waals surface area (Å²) in [6, 6.07) is 9.34. The summed E-state index contributed by atoms with van der Waals surface area (Å²) in [5, 5.41) is 3.52. The smallest absolute Gasteiger partial charge is 0.0320 e. The molecule has 0 heterocycles. The van der Waals surface area contributed by atoms with E-state index in [0.717, 1.165) is 6.54 Å². The van der Waals surface area contributed by atoms with Crippen LogP contribution in [0.5, 0.6) is 0 Å². The summed E-state index contributed by atoms with van der Waals surface area (Å²) in [5.74, 6) is 0. The third-order valence-electron chi connectivity index (χ3n) is 2.30. The minimum absolute atomic E-state index is 0.530. The molecule has 1 aromatic carbocycles. The molecule has 78 valence electrons. The van der Waals surface area contributed by atoms with Crippen molar-refractivity contribution in [3.63, 3.8) is 0 Å². The van der Waals surface area contributed by atoms with Gasteiger partial charge in [0.2, 0.25) is 0 Å². The Kier molecular flexibility index (Phi) is 5.48. The highest BCUT2D eigenvalue weighted by molar-refractivity contribution is 14.1. The van der Waals surface area contributed by atoms with Gasteiger partial charge in [-0.3, -0.25) is 0 Å². The van der Waals surface area contributed by atoms with E-state index in [1.54, 1.807) is 0 Å². The van der Waals surface area contributed by atoms with Crippen LogP contribution in [-0.2, 0) is 0 Å². The molecule has 1 nitrogen and oxygen atoms in total. The quantitative estimate of drug-likeness (QED) is 0.817. The van der Waals surface area contributed by atoms with Gasteiger partial charge in [0.25, 0.3) is 0 Å². The fourth-order valence-electron chi connectivity index (χ4n) is 1.62. The number of benzene rings is 1. The summed E-state index contributed by atoms with van der Waals surface area (Å²) in [6.45, 7) is 5.43. The molecular weight excluding hydrogens is 285 g/mol. The van der Waals surface area contributed by atoms with Crippen LogP contribution in [-0.4, -0.2) is 6.54 Å². The first-order valence-electron chi connectivity index (χ1n) is 5.26. The van der Waals surface area contributed by atoms with Crippen molar-refractivity contribution in [1.82, 2.24) is 5.32 Å². The topological polar surface area (TPSA) is 12.0 Å². The molecule has 1 atom stereocenters. The second kappa shape index (κ2) is 6.40. The van der Waals surface area contributed by atoms with Crippen molar-refractivity contribution in [2.24, 2.45) is 0 Å². The Bertz CT molecular complexity index is 250. The Balaban J connectivity index is 2.71. The van der Waals surface area contributed by atoms with Crippen molar-refractivity contribution in [3.8, 4) is 0 Å². The predicted molar refractivity (Wildman–Crippen MR) is 70.5 cm³/mol. The Labute approximate surface area is 100 Å². The van der Waals surface area contributed by atoms with Gasteiger partial charge in [0.05, 0.1) is 0 Å². The third kappa shape index (κ3) is 3.58. The first-order valence-corrected chi connectivity index (χ1v) is 6.34. The summed E-state index contributed by atoms with van der Waals surface area (Å²) in [4.78, 5) is 0. The maximum Gasteiger partial charge on any atom is 0.0320 e. The molecule has 1 rings (SSSR count). The van der Waals surface area contributed by atoms with Crippen molar-refractivity contribution in [2.75, 3.05) is 6.54 Å². The fourth-order valence-corrected chi connectivity index (χ4v) is 1.98. The number of nitrogens with one attached hydrogen (secondary N) is 1. The van der Waals surface area contributed by atoms with Gasteiger partial charge in [0.1, 0.15) is 0 Å². The maximum absolute atomic E-state index is 3.52. The van der Waals surface area contributed by atoms with Crippen LogP contribution < -0.4 is 5.32 Å². The van der Waals surface area contributed by atoms with Crippen LogP contribution >= 0.6 is 22.6 Å². The van der Waals surface area contributed by atoms with Crippen LogP contribution in [0.25, 0.3) is 0 Å². The molecule has 0 spiro atoms. The highest BCUT2D eigenvalue weighted by atomic mass is 127. The van der Waals surface area contributed by atoms with Crippen LogP contribution in [0.15, 0.2) is 24.3 Å². The van der Waals surface area contributed by atoms with Gasteiger partial charge >= 0.3 is 0 Å². The molecule has 1 unspecified atom stereocenters. The molecule has 0 fully saturated rings. The molecule has 1 N–H and O–H groups in total. The predicted octanol–water partition coefficient (Wildman–Crippen LogP) is 3.74. The summed E-state index contributed by atoms with van der Waals surface area (Å²) in [5.41, 5.74) is 1.41. The number of hydrogen-bond acceptors (Lipinski definition) is 1. The first-order chi connectivity index (χ1) is 6.77. The molecule has 2 heteroatoms. The Morgan fingerprint density at radius 3 is 2.36 bits per heavy atom. The minimum atomic E-state index is 0.530. The van der Waals surface area contributed by atoms with Crippen LogP contribution in [0.1, 0.15) is 38.3 Å². The van der Waals surface area contributed by atoms with E-state index in [1.807, 2.05) is 0 Å². The Hall–Kier alpha value is -0.0900. The second-order valence-corrected chi connectivity index (χ2v) is 4.70. The van der Waals surface area contributed by atoms with Crippen molar-refractivity contribution in [2.45, 2.75) is 32.7 Å². The monoisotopic (exact) mass is 303 g/mol. The fraction of sp³-hybridized carbons (Fsp3) is 0.500. The van der Waals surface area contributed by atoms with E-state index in [4.69, 9.17) is 0 Å². The van der Waals surface area contributed by atoms with Crippen molar-refractivity contribution in [3.05, 3.63) is 33.4 Å². The molecule has 0 aliphatic heterocycles. The third-order valence-corrected chi connectivity index (χ3v) is 3.02. The first kappa shape index (κ1) is 12.0. The highest BCUT2D eigenvalue weighted by Gasteiger charge is 2.07. The summed E-state index contributed by atoms with van der Waals surface area (Å²) < 4.78 is 1.30. The lowest BCUT2D eigenvalue weighted by molar-refractivity contribution is 0.509. The van der Waals surface area contributed by atoms with E-state index in [0.29, 0.717) is 6.04 Å². The van der Waals surface area contributed by atoms with Gasteiger partial charge in [-0.1, -0.05) is 32.4 Å². The molecule has 0 bridgehead atoms. The van der Waals surface area contributed by atoms with Crippen molar-refractivity contribution < 1.29 is 0 Å². The number of halogens is 1. The lowest BCUT2D eigenvalue weighted by atomic mass is 10.0. The average Bonchev–Trinajstić information content (AvgIpc) is 2.19. The van der Waals surface area contributed by atoms with E-state index >= 15 is 0 Å². The average molecular weight is 303 g/mol. The van der Waals surface area contributed by atoms with Gasteiger partial charge < -0.3 is 5.32 Å². The maximum atomic E-state index is 3.52. The van der Waals surface area contributed by atoms with Gasteiger partial charge in [0.15, 0.2) is 0 Å². The van der Waals surface area contributed by atoms with Gasteiger partial charge in [-0.25, -0.2) is 0 Å². The van der Waals surface area contributed by atoms with E-state index in [-0.39, 0.29) is 0 Å². The van der Waals surface area contributed by atoms with Gasteiger partial charge in [-0.15, -0.1) is 0 Å². The number of hydrogen-bond donors (Lipinski definition) is 1. The van der Waals surface area contributed by atoms with Gasteiger partial charge in [0, 0.05) is 9.61 Å². The number of rotatable bonds is 5. The molecule has 0 aliphatic rings. The van der Waals surface area contributed by atoms with Crippen molar-refractivity contribution >= 4 is 22.6 Å². The van der Waals surface area contributed by atoms with E-state index in [2.05, 4.69) is 66.0 Å². The van der Waals surface area contributed by atoms with E-state index in [1.165, 1.54) is 22.0 Å². The van der Waals surface area contributed by atoms with E-state index in [9.17, 15) is 0 Å². The lowest BCUT2D eigenvalue weighted by Gasteiger charge is -2.17. The standard InChI is InChI=1S/C12H18IN/c1-3-5-12(14-4-2)10-6-8-11(13)9-7-10/h6-9,12,14H,3-5H2,1-2H3. The van der Waals surface area contributed by atoms with Crippen LogP contribution in [0.3, 0.4) is 0 Å². The molecule has 1 aromatic rings. The zero-order chi connectivity index (χ0) is 10.4. The minimum Gasteiger partial charge on any atom is -0.310 e. The van der Waals surface area contributed by atoms with Gasteiger partial charge in [-0.05, 0) is 53.3 Å². The zero-order valence-electron chi connectivity index (χ0n) is 8.89. The Morgan fingerprint density at radius 2 is 1.86 bits per heavy atom. The van der Waals surface area contributed by atoms with Crippen LogP contribution in [0.2, 0.25) is 0 Å².